The van der Waals surface area contributed by atoms with Crippen molar-refractivity contribution >= 4 is 5.91 Å². The highest BCUT2D eigenvalue weighted by molar-refractivity contribution is 5.78. The maximum absolute atomic E-state index is 11.4. The maximum Gasteiger partial charge on any atom is 0.234 e. The van der Waals surface area contributed by atoms with E-state index in [1.54, 1.807) is 11.7 Å². The van der Waals surface area contributed by atoms with E-state index < -0.39 is 0 Å². The van der Waals surface area contributed by atoms with Gasteiger partial charge in [0.15, 0.2) is 0 Å². The van der Waals surface area contributed by atoms with Crippen molar-refractivity contribution in [2.45, 2.75) is 6.54 Å². The standard InChI is InChI=1S/C14H18N4O/c1-15-9-14(19)16-7-11-4-3-5-12(6-11)13-8-17-18(2)10-13/h3-6,8,10,15H,7,9H2,1-2H3,(H,16,19). The van der Waals surface area contributed by atoms with E-state index in [2.05, 4.69) is 21.8 Å². The summed E-state index contributed by atoms with van der Waals surface area (Å²) in [5, 5.41) is 9.84. The summed E-state index contributed by atoms with van der Waals surface area (Å²) >= 11 is 0. The highest BCUT2D eigenvalue weighted by Crippen LogP contribution is 2.19. The average molecular weight is 258 g/mol. The van der Waals surface area contributed by atoms with Crippen molar-refractivity contribution in [3.8, 4) is 11.1 Å². The van der Waals surface area contributed by atoms with E-state index in [1.165, 1.54) is 0 Å². The molecule has 0 aliphatic heterocycles. The number of likely N-dealkylation sites (N-methyl/N-ethyl adjacent to an activating group) is 1. The van der Waals surface area contributed by atoms with Crippen molar-refractivity contribution in [3.63, 3.8) is 0 Å². The van der Waals surface area contributed by atoms with Crippen LogP contribution in [-0.2, 0) is 18.4 Å². The first-order chi connectivity index (χ1) is 9.19. The van der Waals surface area contributed by atoms with Gasteiger partial charge in [0.25, 0.3) is 0 Å². The Bertz CT molecular complexity index is 562. The lowest BCUT2D eigenvalue weighted by atomic mass is 10.1. The Hall–Kier alpha value is -2.14. The minimum Gasteiger partial charge on any atom is -0.351 e. The third-order valence-corrected chi connectivity index (χ3v) is 2.79. The third-order valence-electron chi connectivity index (χ3n) is 2.79. The number of hydrogen-bond acceptors (Lipinski definition) is 3. The first-order valence-corrected chi connectivity index (χ1v) is 6.18. The molecule has 2 N–H and O–H groups in total. The Balaban J connectivity index is 2.05. The number of rotatable bonds is 5. The Labute approximate surface area is 112 Å². The second kappa shape index (κ2) is 6.15. The van der Waals surface area contributed by atoms with Gasteiger partial charge in [0.1, 0.15) is 0 Å². The van der Waals surface area contributed by atoms with Gasteiger partial charge in [-0.2, -0.15) is 5.10 Å². The third kappa shape index (κ3) is 3.66. The second-order valence-corrected chi connectivity index (χ2v) is 4.41. The van der Waals surface area contributed by atoms with E-state index in [1.807, 2.05) is 37.6 Å². The number of amides is 1. The van der Waals surface area contributed by atoms with Crippen LogP contribution in [0.2, 0.25) is 0 Å². The fourth-order valence-corrected chi connectivity index (χ4v) is 1.85. The van der Waals surface area contributed by atoms with Crippen LogP contribution in [0.15, 0.2) is 36.7 Å². The van der Waals surface area contributed by atoms with Crippen molar-refractivity contribution in [1.82, 2.24) is 20.4 Å². The summed E-state index contributed by atoms with van der Waals surface area (Å²) in [6.45, 7) is 0.872. The molecule has 5 heteroatoms. The van der Waals surface area contributed by atoms with Crippen LogP contribution in [0.4, 0.5) is 0 Å². The minimum absolute atomic E-state index is 0.00530. The molecule has 0 saturated carbocycles. The van der Waals surface area contributed by atoms with Gasteiger partial charge in [-0.25, -0.2) is 0 Å². The summed E-state index contributed by atoms with van der Waals surface area (Å²) in [6, 6.07) is 8.09. The molecular weight excluding hydrogens is 240 g/mol. The van der Waals surface area contributed by atoms with Crippen LogP contribution in [0.25, 0.3) is 11.1 Å². The van der Waals surface area contributed by atoms with Gasteiger partial charge in [0.2, 0.25) is 5.91 Å². The molecule has 2 rings (SSSR count). The molecule has 1 amide bonds. The van der Waals surface area contributed by atoms with E-state index in [0.29, 0.717) is 13.1 Å². The first kappa shape index (κ1) is 13.3. The summed E-state index contributed by atoms with van der Waals surface area (Å²) in [5.74, 6) is -0.00530. The van der Waals surface area contributed by atoms with E-state index in [9.17, 15) is 4.79 Å². The van der Waals surface area contributed by atoms with E-state index in [4.69, 9.17) is 0 Å². The molecule has 0 aliphatic rings. The molecule has 100 valence electrons. The van der Waals surface area contributed by atoms with Crippen LogP contribution < -0.4 is 10.6 Å². The van der Waals surface area contributed by atoms with Gasteiger partial charge in [-0.1, -0.05) is 18.2 Å². The molecule has 0 radical (unpaired) electrons. The second-order valence-electron chi connectivity index (χ2n) is 4.41. The molecule has 0 fully saturated rings. The number of carbonyl (C=O) groups excluding carboxylic acids is 1. The van der Waals surface area contributed by atoms with Gasteiger partial charge >= 0.3 is 0 Å². The van der Waals surface area contributed by atoms with E-state index in [-0.39, 0.29) is 5.91 Å². The lowest BCUT2D eigenvalue weighted by Gasteiger charge is -2.06. The van der Waals surface area contributed by atoms with Crippen molar-refractivity contribution in [2.24, 2.45) is 7.05 Å². The largest absolute Gasteiger partial charge is 0.351 e. The zero-order chi connectivity index (χ0) is 13.7. The number of benzene rings is 1. The van der Waals surface area contributed by atoms with Gasteiger partial charge in [0, 0.05) is 25.4 Å². The summed E-state index contributed by atoms with van der Waals surface area (Å²) in [7, 11) is 3.65. The Kier molecular flexibility index (Phi) is 4.30. The molecule has 5 nitrogen and oxygen atoms in total. The SMILES string of the molecule is CNCC(=O)NCc1cccc(-c2cnn(C)c2)c1. The van der Waals surface area contributed by atoms with E-state index >= 15 is 0 Å². The normalized spacial score (nSPS) is 10.4. The zero-order valence-corrected chi connectivity index (χ0v) is 11.2. The predicted octanol–water partition coefficient (Wildman–Crippen LogP) is 0.923. The molecule has 0 unspecified atom stereocenters. The lowest BCUT2D eigenvalue weighted by molar-refractivity contribution is -0.120. The summed E-state index contributed by atoms with van der Waals surface area (Å²) in [4.78, 5) is 11.4. The van der Waals surface area contributed by atoms with Crippen molar-refractivity contribution in [2.75, 3.05) is 13.6 Å². The van der Waals surface area contributed by atoms with Crippen LogP contribution in [0.3, 0.4) is 0 Å². The highest BCUT2D eigenvalue weighted by Gasteiger charge is 2.03. The molecule has 19 heavy (non-hydrogen) atoms. The van der Waals surface area contributed by atoms with Gasteiger partial charge in [-0.15, -0.1) is 0 Å². The predicted molar refractivity (Wildman–Crippen MR) is 74.4 cm³/mol. The molecular formula is C14H18N4O. The number of hydrogen-bond donors (Lipinski definition) is 2. The Morgan fingerprint density at radius 1 is 1.37 bits per heavy atom. The average Bonchev–Trinajstić information content (AvgIpc) is 2.84. The number of nitrogens with one attached hydrogen (secondary N) is 2. The topological polar surface area (TPSA) is 59.0 Å². The highest BCUT2D eigenvalue weighted by atomic mass is 16.1. The fourth-order valence-electron chi connectivity index (χ4n) is 1.85. The monoisotopic (exact) mass is 258 g/mol. The summed E-state index contributed by atoms with van der Waals surface area (Å²) < 4.78 is 1.77. The lowest BCUT2D eigenvalue weighted by Crippen LogP contribution is -2.31. The molecule has 1 aromatic heterocycles. The van der Waals surface area contributed by atoms with E-state index in [0.717, 1.165) is 16.7 Å². The van der Waals surface area contributed by atoms with Crippen LogP contribution in [-0.4, -0.2) is 29.3 Å². The molecule has 0 aliphatic carbocycles. The van der Waals surface area contributed by atoms with Gasteiger partial charge < -0.3 is 10.6 Å². The van der Waals surface area contributed by atoms with Crippen LogP contribution >= 0.6 is 0 Å². The summed E-state index contributed by atoms with van der Waals surface area (Å²) in [6.07, 6.45) is 3.80. The van der Waals surface area contributed by atoms with Crippen molar-refractivity contribution in [3.05, 3.63) is 42.2 Å². The minimum atomic E-state index is -0.00530. The molecule has 2 aromatic rings. The van der Waals surface area contributed by atoms with Crippen molar-refractivity contribution < 1.29 is 4.79 Å². The molecule has 0 spiro atoms. The number of carbonyl (C=O) groups is 1. The number of aryl methyl sites for hydroxylation is 1. The van der Waals surface area contributed by atoms with Gasteiger partial charge in [-0.05, 0) is 24.2 Å². The Morgan fingerprint density at radius 3 is 2.89 bits per heavy atom. The molecule has 0 atom stereocenters. The summed E-state index contributed by atoms with van der Waals surface area (Å²) in [5.41, 5.74) is 3.25. The molecule has 0 bridgehead atoms. The molecule has 1 aromatic carbocycles. The van der Waals surface area contributed by atoms with Crippen LogP contribution in [0, 0.1) is 0 Å². The van der Waals surface area contributed by atoms with Gasteiger partial charge in [-0.3, -0.25) is 9.48 Å². The quantitative estimate of drug-likeness (QED) is 0.838. The van der Waals surface area contributed by atoms with Crippen molar-refractivity contribution in [1.29, 1.82) is 0 Å². The maximum atomic E-state index is 11.4. The smallest absolute Gasteiger partial charge is 0.234 e. The molecule has 1 heterocycles. The Morgan fingerprint density at radius 2 is 2.21 bits per heavy atom. The van der Waals surface area contributed by atoms with Crippen LogP contribution in [0.1, 0.15) is 5.56 Å². The fraction of sp³-hybridized carbons (Fsp3) is 0.286. The van der Waals surface area contributed by atoms with Gasteiger partial charge in [0.05, 0.1) is 12.7 Å². The number of aromatic nitrogens is 2. The first-order valence-electron chi connectivity index (χ1n) is 6.18. The zero-order valence-electron chi connectivity index (χ0n) is 11.2. The number of nitrogens with zero attached hydrogens (tertiary/aromatic N) is 2. The van der Waals surface area contributed by atoms with Crippen LogP contribution in [0.5, 0.6) is 0 Å². The molecule has 0 saturated heterocycles.